The monoisotopic (exact) mass is 415 g/mol. The molecule has 2 N–H and O–H groups in total. The number of hydrogen-bond acceptors (Lipinski definition) is 5. The van der Waals surface area contributed by atoms with Crippen molar-refractivity contribution in [1.82, 2.24) is 10.2 Å². The van der Waals surface area contributed by atoms with Gasteiger partial charge in [-0.05, 0) is 49.9 Å². The van der Waals surface area contributed by atoms with Gasteiger partial charge in [-0.1, -0.05) is 12.8 Å². The molecule has 1 aromatic rings. The van der Waals surface area contributed by atoms with E-state index in [0.717, 1.165) is 30.6 Å². The fourth-order valence-electron chi connectivity index (χ4n) is 4.93. The Morgan fingerprint density at radius 3 is 2.73 bits per heavy atom. The van der Waals surface area contributed by atoms with E-state index in [1.807, 2.05) is 4.90 Å². The second-order valence-electron chi connectivity index (χ2n) is 8.55. The zero-order valence-corrected chi connectivity index (χ0v) is 17.3. The summed E-state index contributed by atoms with van der Waals surface area (Å²) in [6.45, 7) is 1.13. The van der Waals surface area contributed by atoms with Crippen LogP contribution in [0.3, 0.4) is 0 Å². The first-order chi connectivity index (χ1) is 14.4. The molecule has 30 heavy (non-hydrogen) atoms. The fraction of sp³-hybridized carbons (Fsp3) is 0.591. The zero-order valence-electron chi connectivity index (χ0n) is 17.3. The number of aliphatic hydroxyl groups is 1. The van der Waals surface area contributed by atoms with Gasteiger partial charge in [-0.25, -0.2) is 9.69 Å². The number of piperidine rings is 1. The molecule has 0 radical (unpaired) electrons. The van der Waals surface area contributed by atoms with Gasteiger partial charge in [0.2, 0.25) is 5.91 Å². The average Bonchev–Trinajstić information content (AvgIpc) is 3.04. The van der Waals surface area contributed by atoms with Gasteiger partial charge in [0, 0.05) is 25.4 Å². The molecule has 8 heteroatoms. The Morgan fingerprint density at radius 2 is 2.00 bits per heavy atom. The topological polar surface area (TPSA) is 99.2 Å². The van der Waals surface area contributed by atoms with E-state index in [2.05, 4.69) is 5.32 Å². The maximum Gasteiger partial charge on any atom is 0.329 e. The number of nitrogens with one attached hydrogen (secondary N) is 1. The molecule has 0 spiro atoms. The molecule has 8 nitrogen and oxygen atoms in total. The highest BCUT2D eigenvalue weighted by Gasteiger charge is 2.44. The van der Waals surface area contributed by atoms with Crippen LogP contribution in [-0.4, -0.2) is 59.7 Å². The quantitative estimate of drug-likeness (QED) is 0.717. The molecule has 2 aliphatic heterocycles. The second kappa shape index (κ2) is 8.26. The summed E-state index contributed by atoms with van der Waals surface area (Å²) < 4.78 is 5.11. The number of carbonyl (C=O) groups excluding carboxylic acids is 3. The average molecular weight is 415 g/mol. The van der Waals surface area contributed by atoms with Crippen molar-refractivity contribution in [3.63, 3.8) is 0 Å². The van der Waals surface area contributed by atoms with Crippen LogP contribution in [0.2, 0.25) is 0 Å². The van der Waals surface area contributed by atoms with Crippen molar-refractivity contribution in [3.8, 4) is 5.75 Å². The summed E-state index contributed by atoms with van der Waals surface area (Å²) in [4.78, 5) is 40.7. The number of hydrogen-bond donors (Lipinski definition) is 2. The van der Waals surface area contributed by atoms with Crippen LogP contribution < -0.4 is 15.0 Å². The van der Waals surface area contributed by atoms with Crippen LogP contribution in [-0.2, 0) is 9.59 Å². The van der Waals surface area contributed by atoms with Crippen molar-refractivity contribution in [1.29, 1.82) is 0 Å². The molecule has 2 saturated heterocycles. The lowest BCUT2D eigenvalue weighted by molar-refractivity contribution is -0.143. The van der Waals surface area contributed by atoms with Gasteiger partial charge in [0.15, 0.2) is 0 Å². The first-order valence-corrected chi connectivity index (χ1v) is 10.7. The van der Waals surface area contributed by atoms with Gasteiger partial charge in [0.05, 0.1) is 18.4 Å². The molecule has 1 saturated carbocycles. The summed E-state index contributed by atoms with van der Waals surface area (Å²) in [7, 11) is 1.55. The van der Waals surface area contributed by atoms with Crippen LogP contribution in [0, 0.1) is 5.92 Å². The standard InChI is InChI=1S/C22H29N3O5/c1-30-17-7-5-16(6-8-17)25-20(27)18(23-21(25)28)9-10-19(26)24-13-12-22(29)11-3-2-4-15(22)14-24/h5-8,15,18,29H,2-4,9-14H2,1H3,(H,23,28)/t15-,18-,22-/m0/s1. The largest absolute Gasteiger partial charge is 0.497 e. The number of nitrogens with zero attached hydrogens (tertiary/aromatic N) is 2. The maximum absolute atomic E-state index is 12.7. The van der Waals surface area contributed by atoms with Crippen molar-refractivity contribution < 1.29 is 24.2 Å². The van der Waals surface area contributed by atoms with Crippen LogP contribution in [0.15, 0.2) is 24.3 Å². The molecule has 162 valence electrons. The Labute approximate surface area is 176 Å². The first kappa shape index (κ1) is 20.7. The molecule has 2 heterocycles. The number of imide groups is 1. The summed E-state index contributed by atoms with van der Waals surface area (Å²) in [6.07, 6.45) is 5.00. The molecule has 0 unspecified atom stereocenters. The Bertz CT molecular complexity index is 827. The van der Waals surface area contributed by atoms with Gasteiger partial charge in [0.1, 0.15) is 11.8 Å². The predicted molar refractivity (Wildman–Crippen MR) is 110 cm³/mol. The maximum atomic E-state index is 12.7. The molecule has 4 amide bonds. The third-order valence-corrected chi connectivity index (χ3v) is 6.78. The molecule has 1 aliphatic carbocycles. The highest BCUT2D eigenvalue weighted by molar-refractivity contribution is 6.21. The van der Waals surface area contributed by atoms with Gasteiger partial charge in [-0.15, -0.1) is 0 Å². The number of fused-ring (bicyclic) bond motifs is 1. The minimum atomic E-state index is -0.708. The fourth-order valence-corrected chi connectivity index (χ4v) is 4.93. The van der Waals surface area contributed by atoms with E-state index < -0.39 is 17.7 Å². The molecule has 3 fully saturated rings. The van der Waals surface area contributed by atoms with E-state index in [9.17, 15) is 19.5 Å². The lowest BCUT2D eigenvalue weighted by atomic mass is 9.71. The molecule has 4 rings (SSSR count). The number of urea groups is 1. The Balaban J connectivity index is 1.33. The number of carbonyl (C=O) groups is 3. The normalized spacial score (nSPS) is 28.9. The Morgan fingerprint density at radius 1 is 1.23 bits per heavy atom. The van der Waals surface area contributed by atoms with Gasteiger partial charge in [0.25, 0.3) is 5.91 Å². The summed E-state index contributed by atoms with van der Waals surface area (Å²) in [6, 6.07) is 5.50. The van der Waals surface area contributed by atoms with E-state index in [-0.39, 0.29) is 30.6 Å². The van der Waals surface area contributed by atoms with E-state index in [4.69, 9.17) is 4.74 Å². The van der Waals surface area contributed by atoms with Gasteiger partial charge in [-0.2, -0.15) is 0 Å². The van der Waals surface area contributed by atoms with Crippen LogP contribution in [0.1, 0.15) is 44.9 Å². The van der Waals surface area contributed by atoms with E-state index in [1.54, 1.807) is 31.4 Å². The van der Waals surface area contributed by atoms with Crippen molar-refractivity contribution in [2.24, 2.45) is 5.92 Å². The van der Waals surface area contributed by atoms with E-state index >= 15 is 0 Å². The van der Waals surface area contributed by atoms with Crippen LogP contribution in [0.4, 0.5) is 10.5 Å². The number of benzene rings is 1. The van der Waals surface area contributed by atoms with Crippen molar-refractivity contribution in [2.75, 3.05) is 25.1 Å². The molecule has 0 bridgehead atoms. The lowest BCUT2D eigenvalue weighted by Gasteiger charge is -2.47. The minimum Gasteiger partial charge on any atom is -0.497 e. The number of methoxy groups -OCH3 is 1. The molecule has 1 aromatic carbocycles. The Kier molecular flexibility index (Phi) is 5.69. The number of rotatable bonds is 5. The molecule has 3 aliphatic rings. The smallest absolute Gasteiger partial charge is 0.329 e. The number of amides is 4. The van der Waals surface area contributed by atoms with Gasteiger partial charge >= 0.3 is 6.03 Å². The Hall–Kier alpha value is -2.61. The number of likely N-dealkylation sites (tertiary alicyclic amines) is 1. The van der Waals surface area contributed by atoms with Crippen molar-refractivity contribution in [2.45, 2.75) is 56.6 Å². The summed E-state index contributed by atoms with van der Waals surface area (Å²) in [5.74, 6) is 0.410. The predicted octanol–water partition coefficient (Wildman–Crippen LogP) is 2.05. The van der Waals surface area contributed by atoms with Crippen LogP contribution in [0.5, 0.6) is 5.75 Å². The van der Waals surface area contributed by atoms with Crippen LogP contribution >= 0.6 is 0 Å². The number of anilines is 1. The third kappa shape index (κ3) is 3.88. The van der Waals surface area contributed by atoms with Gasteiger partial charge in [-0.3, -0.25) is 9.59 Å². The highest BCUT2D eigenvalue weighted by atomic mass is 16.5. The molecular formula is C22H29N3O5. The van der Waals surface area contributed by atoms with Crippen molar-refractivity contribution in [3.05, 3.63) is 24.3 Å². The third-order valence-electron chi connectivity index (χ3n) is 6.78. The van der Waals surface area contributed by atoms with Crippen molar-refractivity contribution >= 4 is 23.5 Å². The first-order valence-electron chi connectivity index (χ1n) is 10.7. The zero-order chi connectivity index (χ0) is 21.3. The highest BCUT2D eigenvalue weighted by Crippen LogP contribution is 2.40. The molecular weight excluding hydrogens is 386 g/mol. The minimum absolute atomic E-state index is 0.0208. The molecule has 0 aromatic heterocycles. The summed E-state index contributed by atoms with van der Waals surface area (Å²) in [5, 5.41) is 13.5. The summed E-state index contributed by atoms with van der Waals surface area (Å²) in [5.41, 5.74) is -0.150. The van der Waals surface area contributed by atoms with Crippen LogP contribution in [0.25, 0.3) is 0 Å². The number of ether oxygens (including phenoxy) is 1. The SMILES string of the molecule is COc1ccc(N2C(=O)N[C@@H](CCC(=O)N3CC[C@@]4(O)CCCC[C@H]4C3)C2=O)cc1. The second-order valence-corrected chi connectivity index (χ2v) is 8.55. The molecule has 3 atom stereocenters. The van der Waals surface area contributed by atoms with Gasteiger partial charge < -0.3 is 20.1 Å². The van der Waals surface area contributed by atoms with E-state index in [1.165, 1.54) is 0 Å². The summed E-state index contributed by atoms with van der Waals surface area (Å²) >= 11 is 0. The van der Waals surface area contributed by atoms with E-state index in [0.29, 0.717) is 30.9 Å². The lowest BCUT2D eigenvalue weighted by Crippen LogP contribution is -2.54.